The van der Waals surface area contributed by atoms with E-state index in [-0.39, 0.29) is 11.8 Å². The van der Waals surface area contributed by atoms with Crippen molar-refractivity contribution in [2.45, 2.75) is 20.3 Å². The molecule has 0 aromatic heterocycles. The quantitative estimate of drug-likeness (QED) is 0.718. The van der Waals surface area contributed by atoms with Crippen molar-refractivity contribution >= 4 is 11.8 Å². The maximum atomic E-state index is 12.0. The van der Waals surface area contributed by atoms with Gasteiger partial charge < -0.3 is 15.4 Å². The highest BCUT2D eigenvalue weighted by Gasteiger charge is 2.10. The van der Waals surface area contributed by atoms with Gasteiger partial charge in [-0.15, -0.1) is 0 Å². The predicted molar refractivity (Wildman–Crippen MR) is 82.4 cm³/mol. The molecule has 1 rings (SSSR count). The van der Waals surface area contributed by atoms with Crippen LogP contribution in [0.1, 0.15) is 41.0 Å². The van der Waals surface area contributed by atoms with Crippen LogP contribution in [0, 0.1) is 5.92 Å². The molecule has 2 amide bonds. The molecule has 0 aliphatic carbocycles. The highest BCUT2D eigenvalue weighted by atomic mass is 16.5. The lowest BCUT2D eigenvalue weighted by atomic mass is 10.1. The Labute approximate surface area is 126 Å². The Morgan fingerprint density at radius 2 is 1.67 bits per heavy atom. The van der Waals surface area contributed by atoms with E-state index in [0.29, 0.717) is 36.7 Å². The van der Waals surface area contributed by atoms with E-state index >= 15 is 0 Å². The van der Waals surface area contributed by atoms with Crippen LogP contribution in [0.2, 0.25) is 0 Å². The summed E-state index contributed by atoms with van der Waals surface area (Å²) in [6, 6.07) is 6.71. The molecule has 5 nitrogen and oxygen atoms in total. The van der Waals surface area contributed by atoms with Gasteiger partial charge in [0.1, 0.15) is 0 Å². The fourth-order valence-corrected chi connectivity index (χ4v) is 1.75. The van der Waals surface area contributed by atoms with Gasteiger partial charge in [0.2, 0.25) is 0 Å². The molecule has 1 aromatic rings. The molecule has 0 bridgehead atoms. The second-order valence-electron chi connectivity index (χ2n) is 5.27. The first-order chi connectivity index (χ1) is 10.0. The van der Waals surface area contributed by atoms with Crippen LogP contribution in [0.15, 0.2) is 24.3 Å². The molecular formula is C16H24N2O3. The largest absolute Gasteiger partial charge is 0.383 e. The summed E-state index contributed by atoms with van der Waals surface area (Å²) in [6.45, 7) is 5.76. The number of carbonyl (C=O) groups is 2. The maximum Gasteiger partial charge on any atom is 0.251 e. The minimum Gasteiger partial charge on any atom is -0.383 e. The van der Waals surface area contributed by atoms with Crippen molar-refractivity contribution in [2.75, 3.05) is 26.8 Å². The number of hydrogen-bond donors (Lipinski definition) is 2. The van der Waals surface area contributed by atoms with Crippen molar-refractivity contribution < 1.29 is 14.3 Å². The number of hydrogen-bond acceptors (Lipinski definition) is 3. The number of rotatable bonds is 8. The van der Waals surface area contributed by atoms with E-state index in [0.717, 1.165) is 6.42 Å². The molecule has 0 aliphatic heterocycles. The molecule has 5 heteroatoms. The Morgan fingerprint density at radius 3 is 2.19 bits per heavy atom. The molecule has 1 aromatic carbocycles. The number of benzene rings is 1. The van der Waals surface area contributed by atoms with Gasteiger partial charge in [-0.3, -0.25) is 9.59 Å². The van der Waals surface area contributed by atoms with Crippen LogP contribution in [-0.4, -0.2) is 38.6 Å². The van der Waals surface area contributed by atoms with E-state index in [2.05, 4.69) is 24.5 Å². The zero-order valence-corrected chi connectivity index (χ0v) is 12.9. The monoisotopic (exact) mass is 292 g/mol. The molecule has 0 atom stereocenters. The van der Waals surface area contributed by atoms with Gasteiger partial charge in [-0.25, -0.2) is 0 Å². The van der Waals surface area contributed by atoms with E-state index in [1.807, 2.05) is 0 Å². The maximum absolute atomic E-state index is 12.0. The molecule has 0 saturated carbocycles. The van der Waals surface area contributed by atoms with Crippen LogP contribution in [0.3, 0.4) is 0 Å². The third-order valence-corrected chi connectivity index (χ3v) is 2.99. The molecule has 0 spiro atoms. The second kappa shape index (κ2) is 9.13. The van der Waals surface area contributed by atoms with Gasteiger partial charge in [-0.2, -0.15) is 0 Å². The summed E-state index contributed by atoms with van der Waals surface area (Å²) in [5, 5.41) is 5.59. The van der Waals surface area contributed by atoms with Crippen LogP contribution in [0.5, 0.6) is 0 Å². The van der Waals surface area contributed by atoms with Crippen LogP contribution in [0.25, 0.3) is 0 Å². The van der Waals surface area contributed by atoms with Gasteiger partial charge in [-0.1, -0.05) is 19.9 Å². The topological polar surface area (TPSA) is 67.4 Å². The highest BCUT2D eigenvalue weighted by molar-refractivity contribution is 5.99. The van der Waals surface area contributed by atoms with Crippen LogP contribution in [-0.2, 0) is 4.74 Å². The molecule has 0 unspecified atom stereocenters. The van der Waals surface area contributed by atoms with E-state index in [4.69, 9.17) is 4.74 Å². The normalized spacial score (nSPS) is 10.5. The van der Waals surface area contributed by atoms with Crippen LogP contribution >= 0.6 is 0 Å². The first kappa shape index (κ1) is 17.2. The summed E-state index contributed by atoms with van der Waals surface area (Å²) in [5.74, 6) is 0.189. The Morgan fingerprint density at radius 1 is 1.10 bits per heavy atom. The lowest BCUT2D eigenvalue weighted by Crippen LogP contribution is -2.28. The van der Waals surface area contributed by atoms with Crippen molar-refractivity contribution in [1.29, 1.82) is 0 Å². The van der Waals surface area contributed by atoms with Gasteiger partial charge in [0.25, 0.3) is 11.8 Å². The zero-order chi connectivity index (χ0) is 15.7. The second-order valence-corrected chi connectivity index (χ2v) is 5.27. The molecular weight excluding hydrogens is 268 g/mol. The molecule has 0 radical (unpaired) electrons. The molecule has 0 saturated heterocycles. The number of carbonyl (C=O) groups excluding carboxylic acids is 2. The van der Waals surface area contributed by atoms with Gasteiger partial charge in [0.05, 0.1) is 6.61 Å². The SMILES string of the molecule is COCCNC(=O)c1cccc(C(=O)NCCC(C)C)c1. The predicted octanol–water partition coefficient (Wildman–Crippen LogP) is 1.84. The summed E-state index contributed by atoms with van der Waals surface area (Å²) in [7, 11) is 1.58. The van der Waals surface area contributed by atoms with E-state index in [1.165, 1.54) is 0 Å². The van der Waals surface area contributed by atoms with Crippen molar-refractivity contribution in [1.82, 2.24) is 10.6 Å². The average molecular weight is 292 g/mol. The Kier molecular flexibility index (Phi) is 7.46. The summed E-state index contributed by atoms with van der Waals surface area (Å²) < 4.78 is 4.87. The standard InChI is InChI=1S/C16H24N2O3/c1-12(2)7-8-17-15(19)13-5-4-6-14(11-13)16(20)18-9-10-21-3/h4-6,11-12H,7-10H2,1-3H3,(H,17,19)(H,18,20). The number of amides is 2. The lowest BCUT2D eigenvalue weighted by molar-refractivity contribution is 0.0937. The number of nitrogens with one attached hydrogen (secondary N) is 2. The third kappa shape index (κ3) is 6.40. The van der Waals surface area contributed by atoms with Crippen LogP contribution in [0.4, 0.5) is 0 Å². The summed E-state index contributed by atoms with van der Waals surface area (Å²) in [6.07, 6.45) is 0.933. The fourth-order valence-electron chi connectivity index (χ4n) is 1.75. The lowest BCUT2D eigenvalue weighted by Gasteiger charge is -2.09. The molecule has 2 N–H and O–H groups in total. The molecule has 116 valence electrons. The van der Waals surface area contributed by atoms with Crippen LogP contribution < -0.4 is 10.6 Å². The van der Waals surface area contributed by atoms with E-state index < -0.39 is 0 Å². The van der Waals surface area contributed by atoms with Gasteiger partial charge >= 0.3 is 0 Å². The van der Waals surface area contributed by atoms with Gasteiger partial charge in [0, 0.05) is 31.3 Å². The van der Waals surface area contributed by atoms with E-state index in [1.54, 1.807) is 31.4 Å². The van der Waals surface area contributed by atoms with Gasteiger partial charge in [-0.05, 0) is 30.5 Å². The van der Waals surface area contributed by atoms with E-state index in [9.17, 15) is 9.59 Å². The molecule has 0 aliphatic rings. The summed E-state index contributed by atoms with van der Waals surface area (Å²) in [4.78, 5) is 23.9. The van der Waals surface area contributed by atoms with Gasteiger partial charge in [0.15, 0.2) is 0 Å². The number of ether oxygens (including phenoxy) is 1. The van der Waals surface area contributed by atoms with Crippen molar-refractivity contribution in [3.8, 4) is 0 Å². The Hall–Kier alpha value is -1.88. The highest BCUT2D eigenvalue weighted by Crippen LogP contribution is 2.06. The summed E-state index contributed by atoms with van der Waals surface area (Å²) >= 11 is 0. The summed E-state index contributed by atoms with van der Waals surface area (Å²) in [5.41, 5.74) is 0.973. The fraction of sp³-hybridized carbons (Fsp3) is 0.500. The Bertz CT molecular complexity index is 472. The van der Waals surface area contributed by atoms with Crippen molar-refractivity contribution in [3.05, 3.63) is 35.4 Å². The zero-order valence-electron chi connectivity index (χ0n) is 12.9. The molecule has 21 heavy (non-hydrogen) atoms. The first-order valence-corrected chi connectivity index (χ1v) is 7.20. The molecule has 0 heterocycles. The third-order valence-electron chi connectivity index (χ3n) is 2.99. The first-order valence-electron chi connectivity index (χ1n) is 7.20. The van der Waals surface area contributed by atoms with Crippen molar-refractivity contribution in [3.63, 3.8) is 0 Å². The average Bonchev–Trinajstić information content (AvgIpc) is 2.47. The minimum absolute atomic E-state index is 0.151. The number of methoxy groups -OCH3 is 1. The minimum atomic E-state index is -0.205. The Balaban J connectivity index is 2.58. The van der Waals surface area contributed by atoms with Crippen molar-refractivity contribution in [2.24, 2.45) is 5.92 Å². The smallest absolute Gasteiger partial charge is 0.251 e. The molecule has 0 fully saturated rings.